The molecular formula is C16H18ClN3O3S. The van der Waals surface area contributed by atoms with E-state index in [2.05, 4.69) is 9.97 Å². The summed E-state index contributed by atoms with van der Waals surface area (Å²) in [6, 6.07) is 5.21. The molecule has 2 aromatic rings. The Balaban J connectivity index is 1.58. The number of hydrogen-bond acceptors (Lipinski definition) is 5. The molecule has 1 aliphatic rings. The predicted octanol–water partition coefficient (Wildman–Crippen LogP) is 2.45. The number of halogens is 1. The molecule has 0 N–H and O–H groups in total. The van der Waals surface area contributed by atoms with Crippen molar-refractivity contribution in [1.29, 1.82) is 0 Å². The highest BCUT2D eigenvalue weighted by Crippen LogP contribution is 2.26. The molecule has 0 unspecified atom stereocenters. The van der Waals surface area contributed by atoms with E-state index >= 15 is 0 Å². The van der Waals surface area contributed by atoms with E-state index < -0.39 is 10.0 Å². The Kier molecular flexibility index (Phi) is 4.76. The van der Waals surface area contributed by atoms with E-state index in [0.717, 1.165) is 11.1 Å². The molecule has 6 nitrogen and oxygen atoms in total. The number of sulfonamides is 1. The van der Waals surface area contributed by atoms with Crippen molar-refractivity contribution >= 4 is 21.6 Å². The molecule has 0 aliphatic carbocycles. The highest BCUT2D eigenvalue weighted by Gasteiger charge is 2.37. The Bertz CT molecular complexity index is 851. The smallest absolute Gasteiger partial charge is 0.243 e. The van der Waals surface area contributed by atoms with Gasteiger partial charge in [-0.05, 0) is 37.1 Å². The fourth-order valence-electron chi connectivity index (χ4n) is 2.45. The first kappa shape index (κ1) is 17.1. The van der Waals surface area contributed by atoms with Gasteiger partial charge in [-0.3, -0.25) is 4.98 Å². The van der Waals surface area contributed by atoms with Crippen molar-refractivity contribution < 1.29 is 13.2 Å². The second-order valence-electron chi connectivity index (χ2n) is 5.93. The molecule has 1 aromatic heterocycles. The van der Waals surface area contributed by atoms with E-state index in [1.165, 1.54) is 16.7 Å². The number of nitrogens with zero attached hydrogens (tertiary/aromatic N) is 3. The molecule has 1 aromatic carbocycles. The van der Waals surface area contributed by atoms with Gasteiger partial charge in [0.25, 0.3) is 0 Å². The fraction of sp³-hybridized carbons (Fsp3) is 0.375. The van der Waals surface area contributed by atoms with Crippen molar-refractivity contribution in [2.24, 2.45) is 5.92 Å². The van der Waals surface area contributed by atoms with Crippen LogP contribution in [0.1, 0.15) is 11.1 Å². The van der Waals surface area contributed by atoms with E-state index in [1.54, 1.807) is 12.1 Å². The number of benzene rings is 1. The molecule has 0 bridgehead atoms. The highest BCUT2D eigenvalue weighted by atomic mass is 35.5. The summed E-state index contributed by atoms with van der Waals surface area (Å²) < 4.78 is 32.2. The average Bonchev–Trinajstić information content (AvgIpc) is 2.48. The molecule has 0 saturated carbocycles. The van der Waals surface area contributed by atoms with Crippen LogP contribution in [0.3, 0.4) is 0 Å². The van der Waals surface area contributed by atoms with Crippen LogP contribution in [-0.4, -0.2) is 42.4 Å². The second-order valence-corrected chi connectivity index (χ2v) is 8.25. The van der Waals surface area contributed by atoms with Crippen LogP contribution in [0.25, 0.3) is 0 Å². The van der Waals surface area contributed by atoms with Crippen LogP contribution >= 0.6 is 11.6 Å². The topological polar surface area (TPSA) is 72.4 Å². The molecule has 0 atom stereocenters. The molecule has 2 heterocycles. The molecule has 8 heteroatoms. The van der Waals surface area contributed by atoms with Gasteiger partial charge >= 0.3 is 0 Å². The molecule has 24 heavy (non-hydrogen) atoms. The summed E-state index contributed by atoms with van der Waals surface area (Å²) in [5.74, 6) is 0.477. The summed E-state index contributed by atoms with van der Waals surface area (Å²) in [5, 5.41) is 0.264. The van der Waals surface area contributed by atoms with Gasteiger partial charge in [0.1, 0.15) is 0 Å². The minimum absolute atomic E-state index is 0.132. The van der Waals surface area contributed by atoms with E-state index in [9.17, 15) is 8.42 Å². The molecule has 1 fully saturated rings. The Morgan fingerprint density at radius 2 is 2.00 bits per heavy atom. The number of aryl methyl sites for hydroxylation is 2. The largest absolute Gasteiger partial charge is 0.476 e. The SMILES string of the molecule is Cc1ccc(S(=O)(=O)N2CC(COc3cncc(Cl)n3)C2)cc1C. The fourth-order valence-corrected chi connectivity index (χ4v) is 4.26. The van der Waals surface area contributed by atoms with Gasteiger partial charge in [0, 0.05) is 19.0 Å². The van der Waals surface area contributed by atoms with Crippen molar-refractivity contribution in [1.82, 2.24) is 14.3 Å². The normalized spacial score (nSPS) is 16.0. The van der Waals surface area contributed by atoms with E-state index in [0.29, 0.717) is 30.5 Å². The van der Waals surface area contributed by atoms with Crippen LogP contribution in [0, 0.1) is 19.8 Å². The van der Waals surface area contributed by atoms with Gasteiger partial charge in [0.05, 0.1) is 23.9 Å². The molecule has 1 aliphatic heterocycles. The molecule has 128 valence electrons. The maximum Gasteiger partial charge on any atom is 0.243 e. The van der Waals surface area contributed by atoms with Crippen LogP contribution in [0.5, 0.6) is 5.88 Å². The lowest BCUT2D eigenvalue weighted by Gasteiger charge is -2.37. The minimum Gasteiger partial charge on any atom is -0.476 e. The van der Waals surface area contributed by atoms with E-state index in [4.69, 9.17) is 16.3 Å². The third kappa shape index (κ3) is 3.53. The molecular weight excluding hydrogens is 350 g/mol. The van der Waals surface area contributed by atoms with Crippen molar-refractivity contribution in [3.05, 3.63) is 46.9 Å². The monoisotopic (exact) mass is 367 g/mol. The number of rotatable bonds is 5. The lowest BCUT2D eigenvalue weighted by molar-refractivity contribution is 0.126. The first-order chi connectivity index (χ1) is 11.4. The molecule has 0 amide bonds. The third-order valence-electron chi connectivity index (χ3n) is 4.09. The Morgan fingerprint density at radius 3 is 2.67 bits per heavy atom. The van der Waals surface area contributed by atoms with Crippen molar-refractivity contribution in [2.45, 2.75) is 18.7 Å². The maximum absolute atomic E-state index is 12.6. The van der Waals surface area contributed by atoms with Gasteiger partial charge < -0.3 is 4.74 Å². The maximum atomic E-state index is 12.6. The zero-order valence-electron chi connectivity index (χ0n) is 13.4. The number of hydrogen-bond donors (Lipinski definition) is 0. The summed E-state index contributed by atoms with van der Waals surface area (Å²) in [6.07, 6.45) is 2.91. The van der Waals surface area contributed by atoms with Gasteiger partial charge in [-0.15, -0.1) is 0 Å². The number of ether oxygens (including phenoxy) is 1. The Morgan fingerprint density at radius 1 is 1.25 bits per heavy atom. The Hall–Kier alpha value is -1.70. The summed E-state index contributed by atoms with van der Waals surface area (Å²) in [5.41, 5.74) is 2.04. The van der Waals surface area contributed by atoms with Gasteiger partial charge in [-0.1, -0.05) is 17.7 Å². The third-order valence-corrected chi connectivity index (χ3v) is 6.10. The minimum atomic E-state index is -3.44. The molecule has 0 spiro atoms. The molecule has 0 radical (unpaired) electrons. The van der Waals surface area contributed by atoms with Gasteiger partial charge in [0.15, 0.2) is 5.15 Å². The predicted molar refractivity (Wildman–Crippen MR) is 90.7 cm³/mol. The highest BCUT2D eigenvalue weighted by molar-refractivity contribution is 7.89. The first-order valence-electron chi connectivity index (χ1n) is 7.54. The summed E-state index contributed by atoms with van der Waals surface area (Å²) in [7, 11) is -3.44. The summed E-state index contributed by atoms with van der Waals surface area (Å²) >= 11 is 5.74. The summed E-state index contributed by atoms with van der Waals surface area (Å²) in [6.45, 7) is 5.12. The van der Waals surface area contributed by atoms with Crippen molar-refractivity contribution in [3.63, 3.8) is 0 Å². The van der Waals surface area contributed by atoms with Gasteiger partial charge in [0.2, 0.25) is 15.9 Å². The molecule has 3 rings (SSSR count). The molecule has 1 saturated heterocycles. The quantitative estimate of drug-likeness (QED) is 0.811. The number of aromatic nitrogens is 2. The Labute approximate surface area is 146 Å². The average molecular weight is 368 g/mol. The van der Waals surface area contributed by atoms with Crippen LogP contribution in [0.2, 0.25) is 5.15 Å². The van der Waals surface area contributed by atoms with Gasteiger partial charge in [-0.2, -0.15) is 9.29 Å². The zero-order chi connectivity index (χ0) is 17.3. The van der Waals surface area contributed by atoms with Crippen LogP contribution < -0.4 is 4.74 Å². The lowest BCUT2D eigenvalue weighted by atomic mass is 10.1. The van der Waals surface area contributed by atoms with Crippen LogP contribution in [-0.2, 0) is 10.0 Å². The van der Waals surface area contributed by atoms with E-state index in [1.807, 2.05) is 19.9 Å². The van der Waals surface area contributed by atoms with Crippen molar-refractivity contribution in [2.75, 3.05) is 19.7 Å². The summed E-state index contributed by atoms with van der Waals surface area (Å²) in [4.78, 5) is 8.21. The zero-order valence-corrected chi connectivity index (χ0v) is 15.0. The van der Waals surface area contributed by atoms with Crippen molar-refractivity contribution in [3.8, 4) is 5.88 Å². The van der Waals surface area contributed by atoms with E-state index in [-0.39, 0.29) is 11.1 Å². The van der Waals surface area contributed by atoms with Crippen LogP contribution in [0.15, 0.2) is 35.5 Å². The van der Waals surface area contributed by atoms with Crippen LogP contribution in [0.4, 0.5) is 0 Å². The lowest BCUT2D eigenvalue weighted by Crippen LogP contribution is -2.51. The first-order valence-corrected chi connectivity index (χ1v) is 9.36. The standard InChI is InChI=1S/C16H18ClN3O3S/c1-11-3-4-14(5-12(11)2)24(21,22)20-8-13(9-20)10-23-16-7-18-6-15(17)19-16/h3-7,13H,8-10H2,1-2H3. The van der Waals surface area contributed by atoms with Gasteiger partial charge in [-0.25, -0.2) is 8.42 Å². The second kappa shape index (κ2) is 6.66.